The van der Waals surface area contributed by atoms with Gasteiger partial charge in [0.15, 0.2) is 5.66 Å². The molecule has 0 spiro atoms. The number of carbonyl (C=O) groups excluding carboxylic acids is 2. The second-order valence-corrected chi connectivity index (χ2v) is 6.23. The predicted octanol–water partition coefficient (Wildman–Crippen LogP) is 2.36. The number of rotatable bonds is 6. The summed E-state index contributed by atoms with van der Waals surface area (Å²) in [4.78, 5) is 27.7. The van der Waals surface area contributed by atoms with E-state index in [-0.39, 0.29) is 24.8 Å². The van der Waals surface area contributed by atoms with Crippen LogP contribution in [0.3, 0.4) is 0 Å². The molecule has 2 aliphatic rings. The van der Waals surface area contributed by atoms with Crippen molar-refractivity contribution in [3.05, 3.63) is 30.1 Å². The van der Waals surface area contributed by atoms with Crippen molar-refractivity contribution >= 4 is 17.5 Å². The number of carbonyl (C=O) groups is 2. The smallest absolute Gasteiger partial charge is 0.246 e. The van der Waals surface area contributed by atoms with E-state index in [1.165, 1.54) is 21.9 Å². The number of anilines is 1. The second kappa shape index (κ2) is 7.01. The fourth-order valence-corrected chi connectivity index (χ4v) is 2.94. The Morgan fingerprint density at radius 2 is 2.12 bits per heavy atom. The zero-order chi connectivity index (χ0) is 17.9. The van der Waals surface area contributed by atoms with E-state index in [4.69, 9.17) is 6.42 Å². The highest BCUT2D eigenvalue weighted by atomic mass is 19.1. The van der Waals surface area contributed by atoms with Gasteiger partial charge >= 0.3 is 0 Å². The standard InChI is InChI=1S/C18H19FN4O2/c1-2-3-8-18(20-21-18)9-7-16(24)22-10-11-23(17(25)13-22)15-6-4-5-14(19)12-15/h1,4-6,12H,3,7-11,13H2. The lowest BCUT2D eigenvalue weighted by Gasteiger charge is -2.34. The number of hydrogen-bond donors (Lipinski definition) is 0. The molecule has 0 aliphatic carbocycles. The Morgan fingerprint density at radius 1 is 1.32 bits per heavy atom. The number of hydrogen-bond acceptors (Lipinski definition) is 4. The molecular weight excluding hydrogens is 323 g/mol. The Hall–Kier alpha value is -2.75. The summed E-state index contributed by atoms with van der Waals surface area (Å²) in [7, 11) is 0. The molecule has 6 nitrogen and oxygen atoms in total. The van der Waals surface area contributed by atoms with E-state index in [9.17, 15) is 14.0 Å². The van der Waals surface area contributed by atoms with Crippen molar-refractivity contribution < 1.29 is 14.0 Å². The minimum absolute atomic E-state index is 0.000980. The van der Waals surface area contributed by atoms with Crippen LogP contribution in [0.2, 0.25) is 0 Å². The Morgan fingerprint density at radius 3 is 2.76 bits per heavy atom. The summed E-state index contributed by atoms with van der Waals surface area (Å²) in [5, 5.41) is 8.02. The molecule has 1 aromatic rings. The molecule has 0 atom stereocenters. The molecule has 2 amide bonds. The quantitative estimate of drug-likeness (QED) is 0.745. The van der Waals surface area contributed by atoms with E-state index >= 15 is 0 Å². The molecule has 1 saturated heterocycles. The largest absolute Gasteiger partial charge is 0.332 e. The Bertz CT molecular complexity index is 750. The average molecular weight is 342 g/mol. The Balaban J connectivity index is 1.52. The van der Waals surface area contributed by atoms with Gasteiger partial charge in [0.1, 0.15) is 12.4 Å². The van der Waals surface area contributed by atoms with Gasteiger partial charge in [-0.1, -0.05) is 6.07 Å². The second-order valence-electron chi connectivity index (χ2n) is 6.23. The molecule has 1 aromatic carbocycles. The number of benzene rings is 1. The number of piperazine rings is 1. The zero-order valence-electron chi connectivity index (χ0n) is 13.8. The van der Waals surface area contributed by atoms with E-state index in [1.807, 2.05) is 0 Å². The van der Waals surface area contributed by atoms with Crippen LogP contribution in [0, 0.1) is 18.2 Å². The number of terminal acetylenes is 1. The molecule has 3 rings (SSSR count). The molecule has 130 valence electrons. The molecule has 7 heteroatoms. The fourth-order valence-electron chi connectivity index (χ4n) is 2.94. The van der Waals surface area contributed by atoms with E-state index in [0.29, 0.717) is 38.0 Å². The van der Waals surface area contributed by atoms with E-state index in [2.05, 4.69) is 16.1 Å². The lowest BCUT2D eigenvalue weighted by atomic mass is 10.0. The molecule has 0 radical (unpaired) electrons. The first-order valence-electron chi connectivity index (χ1n) is 8.24. The van der Waals surface area contributed by atoms with E-state index in [1.54, 1.807) is 12.1 Å². The third-order valence-corrected chi connectivity index (χ3v) is 4.49. The third kappa shape index (κ3) is 4.02. The van der Waals surface area contributed by atoms with Gasteiger partial charge < -0.3 is 9.80 Å². The molecule has 0 N–H and O–H groups in total. The van der Waals surface area contributed by atoms with Crippen molar-refractivity contribution in [2.24, 2.45) is 10.2 Å². The number of nitrogens with zero attached hydrogens (tertiary/aromatic N) is 4. The summed E-state index contributed by atoms with van der Waals surface area (Å²) in [6.45, 7) is 0.777. The first-order valence-corrected chi connectivity index (χ1v) is 8.24. The normalized spacial score (nSPS) is 18.2. The molecule has 0 aromatic heterocycles. The van der Waals surface area contributed by atoms with Gasteiger partial charge in [0.25, 0.3) is 0 Å². The lowest BCUT2D eigenvalue weighted by Crippen LogP contribution is -2.52. The topological polar surface area (TPSA) is 65.3 Å². The number of amides is 2. The fraction of sp³-hybridized carbons (Fsp3) is 0.444. The van der Waals surface area contributed by atoms with Gasteiger partial charge in [-0.2, -0.15) is 10.2 Å². The van der Waals surface area contributed by atoms with Crippen molar-refractivity contribution in [2.75, 3.05) is 24.5 Å². The summed E-state index contributed by atoms with van der Waals surface area (Å²) < 4.78 is 13.3. The molecule has 2 heterocycles. The summed E-state index contributed by atoms with van der Waals surface area (Å²) in [6, 6.07) is 5.90. The highest BCUT2D eigenvalue weighted by Gasteiger charge is 2.40. The maximum absolute atomic E-state index is 13.3. The number of halogens is 1. The van der Waals surface area contributed by atoms with Crippen molar-refractivity contribution in [1.29, 1.82) is 0 Å². The van der Waals surface area contributed by atoms with Crippen LogP contribution in [0.1, 0.15) is 25.7 Å². The van der Waals surface area contributed by atoms with Gasteiger partial charge in [-0.25, -0.2) is 4.39 Å². The maximum atomic E-state index is 13.3. The maximum Gasteiger partial charge on any atom is 0.246 e. The van der Waals surface area contributed by atoms with E-state index in [0.717, 1.165) is 0 Å². The first kappa shape index (κ1) is 17.1. The molecule has 0 bridgehead atoms. The lowest BCUT2D eigenvalue weighted by molar-refractivity contribution is -0.137. The van der Waals surface area contributed by atoms with Crippen LogP contribution in [-0.2, 0) is 9.59 Å². The minimum atomic E-state index is -0.491. The molecule has 25 heavy (non-hydrogen) atoms. The van der Waals surface area contributed by atoms with Gasteiger partial charge in [0.05, 0.1) is 0 Å². The van der Waals surface area contributed by atoms with Crippen LogP contribution in [0.25, 0.3) is 0 Å². The van der Waals surface area contributed by atoms with Crippen LogP contribution < -0.4 is 4.90 Å². The summed E-state index contributed by atoms with van der Waals surface area (Å²) >= 11 is 0. The third-order valence-electron chi connectivity index (χ3n) is 4.49. The SMILES string of the molecule is C#CCCC1(CCC(=O)N2CCN(c3cccc(F)c3)C(=O)C2)N=N1. The monoisotopic (exact) mass is 342 g/mol. The van der Waals surface area contributed by atoms with Gasteiger partial charge in [-0.15, -0.1) is 12.3 Å². The van der Waals surface area contributed by atoms with Crippen LogP contribution in [0.4, 0.5) is 10.1 Å². The van der Waals surface area contributed by atoms with Crippen LogP contribution in [0.5, 0.6) is 0 Å². The van der Waals surface area contributed by atoms with Crippen LogP contribution in [0.15, 0.2) is 34.5 Å². The van der Waals surface area contributed by atoms with Gasteiger partial charge in [0.2, 0.25) is 11.8 Å². The predicted molar refractivity (Wildman–Crippen MR) is 90.2 cm³/mol. The summed E-state index contributed by atoms with van der Waals surface area (Å²) in [6.07, 6.45) is 7.28. The van der Waals surface area contributed by atoms with Crippen LogP contribution in [-0.4, -0.2) is 42.0 Å². The van der Waals surface area contributed by atoms with Gasteiger partial charge in [0, 0.05) is 44.5 Å². The first-order chi connectivity index (χ1) is 12.0. The van der Waals surface area contributed by atoms with Crippen molar-refractivity contribution in [3.63, 3.8) is 0 Å². The molecule has 1 fully saturated rings. The molecule has 0 saturated carbocycles. The van der Waals surface area contributed by atoms with Gasteiger partial charge in [-0.05, 0) is 18.2 Å². The Kier molecular flexibility index (Phi) is 4.79. The average Bonchev–Trinajstić information content (AvgIpc) is 3.38. The van der Waals surface area contributed by atoms with Crippen molar-refractivity contribution in [1.82, 2.24) is 4.90 Å². The molecule has 0 unspecified atom stereocenters. The highest BCUT2D eigenvalue weighted by molar-refractivity contribution is 5.97. The van der Waals surface area contributed by atoms with Crippen molar-refractivity contribution in [3.8, 4) is 12.3 Å². The molecular formula is C18H19FN4O2. The zero-order valence-corrected chi connectivity index (χ0v) is 13.8. The van der Waals surface area contributed by atoms with E-state index < -0.39 is 11.5 Å². The Labute approximate surface area is 145 Å². The highest BCUT2D eigenvalue weighted by Crippen LogP contribution is 2.37. The van der Waals surface area contributed by atoms with Crippen molar-refractivity contribution in [2.45, 2.75) is 31.3 Å². The minimum Gasteiger partial charge on any atom is -0.332 e. The summed E-state index contributed by atoms with van der Waals surface area (Å²) in [5.41, 5.74) is 0.0241. The molecule has 2 aliphatic heterocycles. The van der Waals surface area contributed by atoms with Gasteiger partial charge in [-0.3, -0.25) is 9.59 Å². The summed E-state index contributed by atoms with van der Waals surface area (Å²) in [5.74, 6) is 1.85. The van der Waals surface area contributed by atoms with Crippen LogP contribution >= 0.6 is 0 Å².